The van der Waals surface area contributed by atoms with Crippen molar-refractivity contribution in [2.24, 2.45) is 0 Å². The van der Waals surface area contributed by atoms with E-state index in [0.717, 1.165) is 6.42 Å². The highest BCUT2D eigenvalue weighted by Gasteiger charge is 2.21. The Morgan fingerprint density at radius 3 is 2.24 bits per heavy atom. The van der Waals surface area contributed by atoms with E-state index in [2.05, 4.69) is 74.5 Å². The molecule has 0 atom stereocenters. The van der Waals surface area contributed by atoms with Crippen LogP contribution in [0, 0.1) is 13.8 Å². The summed E-state index contributed by atoms with van der Waals surface area (Å²) in [6, 6.07) is 22.2. The Bertz CT molecular complexity index is 840. The second kappa shape index (κ2) is 4.60. The highest BCUT2D eigenvalue weighted by molar-refractivity contribution is 5.85. The van der Waals surface area contributed by atoms with E-state index in [1.54, 1.807) is 0 Å². The molecule has 3 aromatic rings. The Morgan fingerprint density at radius 2 is 1.38 bits per heavy atom. The molecular weight excluding hydrogens is 252 g/mol. The minimum absolute atomic E-state index is 1.05. The van der Waals surface area contributed by atoms with Crippen LogP contribution in [0.15, 0.2) is 60.7 Å². The summed E-state index contributed by atoms with van der Waals surface area (Å²) in [5, 5.41) is 0. The Balaban J connectivity index is 1.96. The monoisotopic (exact) mass is 270 g/mol. The highest BCUT2D eigenvalue weighted by atomic mass is 14.2. The summed E-state index contributed by atoms with van der Waals surface area (Å²) in [5.74, 6) is 0. The van der Waals surface area contributed by atoms with Gasteiger partial charge in [-0.2, -0.15) is 0 Å². The standard InChI is InChI=1S/C21H18/c1-14-10-11-15(2)20(12-14)19-9-5-8-18-17-7-4-3-6-16(17)13-21(18)19/h3-12H,13H2,1-2H3. The first-order valence-corrected chi connectivity index (χ1v) is 7.52. The summed E-state index contributed by atoms with van der Waals surface area (Å²) in [6.07, 6.45) is 1.05. The van der Waals surface area contributed by atoms with Gasteiger partial charge in [-0.1, -0.05) is 66.2 Å². The first-order chi connectivity index (χ1) is 10.2. The fourth-order valence-electron chi connectivity index (χ4n) is 3.44. The van der Waals surface area contributed by atoms with Crippen LogP contribution in [0.2, 0.25) is 0 Å². The molecule has 0 spiro atoms. The number of fused-ring (bicyclic) bond motifs is 3. The molecule has 0 nitrogen and oxygen atoms in total. The zero-order valence-electron chi connectivity index (χ0n) is 12.5. The Labute approximate surface area is 126 Å². The van der Waals surface area contributed by atoms with Crippen LogP contribution < -0.4 is 0 Å². The van der Waals surface area contributed by atoms with Gasteiger partial charge in [0.1, 0.15) is 0 Å². The predicted molar refractivity (Wildman–Crippen MR) is 89.6 cm³/mol. The number of hydrogen-bond acceptors (Lipinski definition) is 0. The average molecular weight is 270 g/mol. The van der Waals surface area contributed by atoms with Gasteiger partial charge >= 0.3 is 0 Å². The minimum Gasteiger partial charge on any atom is -0.0619 e. The molecular formula is C21H18. The molecule has 21 heavy (non-hydrogen) atoms. The van der Waals surface area contributed by atoms with Crippen molar-refractivity contribution >= 4 is 0 Å². The van der Waals surface area contributed by atoms with E-state index in [4.69, 9.17) is 0 Å². The number of rotatable bonds is 1. The summed E-state index contributed by atoms with van der Waals surface area (Å²) < 4.78 is 0. The molecule has 4 rings (SSSR count). The molecule has 0 aliphatic heterocycles. The Morgan fingerprint density at radius 1 is 0.667 bits per heavy atom. The van der Waals surface area contributed by atoms with Gasteiger partial charge in [0.25, 0.3) is 0 Å². The smallest absolute Gasteiger partial charge is 0.000728 e. The van der Waals surface area contributed by atoms with Crippen LogP contribution in [-0.2, 0) is 6.42 Å². The molecule has 0 aromatic heterocycles. The van der Waals surface area contributed by atoms with E-state index in [1.807, 2.05) is 0 Å². The van der Waals surface area contributed by atoms with E-state index in [1.165, 1.54) is 44.5 Å². The minimum atomic E-state index is 1.05. The lowest BCUT2D eigenvalue weighted by molar-refractivity contribution is 1.26. The van der Waals surface area contributed by atoms with Crippen molar-refractivity contribution in [2.75, 3.05) is 0 Å². The molecule has 0 heteroatoms. The van der Waals surface area contributed by atoms with Gasteiger partial charge in [0.05, 0.1) is 0 Å². The lowest BCUT2D eigenvalue weighted by atomic mass is 9.92. The van der Waals surface area contributed by atoms with Crippen LogP contribution in [0.4, 0.5) is 0 Å². The second-order valence-corrected chi connectivity index (χ2v) is 5.98. The summed E-state index contributed by atoms with van der Waals surface area (Å²) in [6.45, 7) is 4.37. The van der Waals surface area contributed by atoms with E-state index < -0.39 is 0 Å². The summed E-state index contributed by atoms with van der Waals surface area (Å²) >= 11 is 0. The van der Waals surface area contributed by atoms with Gasteiger partial charge in [-0.05, 0) is 59.2 Å². The van der Waals surface area contributed by atoms with Crippen molar-refractivity contribution in [2.45, 2.75) is 20.3 Å². The second-order valence-electron chi connectivity index (χ2n) is 5.98. The van der Waals surface area contributed by atoms with Gasteiger partial charge in [-0.3, -0.25) is 0 Å². The maximum atomic E-state index is 2.31. The molecule has 0 unspecified atom stereocenters. The molecule has 0 N–H and O–H groups in total. The highest BCUT2D eigenvalue weighted by Crippen LogP contribution is 2.42. The van der Waals surface area contributed by atoms with Crippen LogP contribution in [0.25, 0.3) is 22.3 Å². The van der Waals surface area contributed by atoms with Crippen molar-refractivity contribution in [1.82, 2.24) is 0 Å². The van der Waals surface area contributed by atoms with Gasteiger partial charge in [-0.15, -0.1) is 0 Å². The lowest BCUT2D eigenvalue weighted by Crippen LogP contribution is -1.91. The maximum Gasteiger partial charge on any atom is -0.000728 e. The fraction of sp³-hybridized carbons (Fsp3) is 0.143. The van der Waals surface area contributed by atoms with E-state index in [9.17, 15) is 0 Å². The van der Waals surface area contributed by atoms with Crippen molar-refractivity contribution in [3.05, 3.63) is 82.9 Å². The van der Waals surface area contributed by atoms with Crippen LogP contribution in [-0.4, -0.2) is 0 Å². The maximum absolute atomic E-state index is 2.31. The molecule has 0 heterocycles. The van der Waals surface area contributed by atoms with Gasteiger partial charge < -0.3 is 0 Å². The molecule has 0 radical (unpaired) electrons. The SMILES string of the molecule is Cc1ccc(C)c(-c2cccc3c2Cc2ccccc2-3)c1. The zero-order chi connectivity index (χ0) is 14.4. The molecule has 102 valence electrons. The third kappa shape index (κ3) is 1.91. The molecule has 0 fully saturated rings. The predicted octanol–water partition coefficient (Wildman–Crippen LogP) is 5.54. The number of benzene rings is 3. The lowest BCUT2D eigenvalue weighted by Gasteiger charge is -2.12. The topological polar surface area (TPSA) is 0 Å². The van der Waals surface area contributed by atoms with Crippen LogP contribution in [0.5, 0.6) is 0 Å². The molecule has 0 amide bonds. The van der Waals surface area contributed by atoms with Crippen LogP contribution in [0.3, 0.4) is 0 Å². The molecule has 0 saturated carbocycles. The summed E-state index contributed by atoms with van der Waals surface area (Å²) in [7, 11) is 0. The quantitative estimate of drug-likeness (QED) is 0.426. The largest absolute Gasteiger partial charge is 0.0619 e. The zero-order valence-corrected chi connectivity index (χ0v) is 12.5. The van der Waals surface area contributed by atoms with E-state index in [-0.39, 0.29) is 0 Å². The number of hydrogen-bond donors (Lipinski definition) is 0. The molecule has 1 aliphatic rings. The Hall–Kier alpha value is -2.34. The van der Waals surface area contributed by atoms with E-state index >= 15 is 0 Å². The van der Waals surface area contributed by atoms with Crippen molar-refractivity contribution in [3.63, 3.8) is 0 Å². The molecule has 1 aliphatic carbocycles. The summed E-state index contributed by atoms with van der Waals surface area (Å²) in [5.41, 5.74) is 11.2. The molecule has 0 saturated heterocycles. The van der Waals surface area contributed by atoms with E-state index in [0.29, 0.717) is 0 Å². The van der Waals surface area contributed by atoms with Gasteiger partial charge in [0.15, 0.2) is 0 Å². The first-order valence-electron chi connectivity index (χ1n) is 7.52. The van der Waals surface area contributed by atoms with Crippen LogP contribution >= 0.6 is 0 Å². The molecule has 3 aromatic carbocycles. The average Bonchev–Trinajstić information content (AvgIpc) is 2.88. The summed E-state index contributed by atoms with van der Waals surface area (Å²) in [4.78, 5) is 0. The first kappa shape index (κ1) is 12.4. The third-order valence-electron chi connectivity index (χ3n) is 4.53. The van der Waals surface area contributed by atoms with Gasteiger partial charge in [0.2, 0.25) is 0 Å². The van der Waals surface area contributed by atoms with Crippen molar-refractivity contribution in [3.8, 4) is 22.3 Å². The van der Waals surface area contributed by atoms with Crippen molar-refractivity contribution < 1.29 is 0 Å². The van der Waals surface area contributed by atoms with Crippen LogP contribution in [0.1, 0.15) is 22.3 Å². The molecule has 0 bridgehead atoms. The Kier molecular flexibility index (Phi) is 2.71. The normalized spacial score (nSPS) is 12.1. The number of aryl methyl sites for hydroxylation is 2. The van der Waals surface area contributed by atoms with Crippen molar-refractivity contribution in [1.29, 1.82) is 0 Å². The van der Waals surface area contributed by atoms with Gasteiger partial charge in [0, 0.05) is 0 Å². The third-order valence-corrected chi connectivity index (χ3v) is 4.53. The van der Waals surface area contributed by atoms with Gasteiger partial charge in [-0.25, -0.2) is 0 Å². The fourth-order valence-corrected chi connectivity index (χ4v) is 3.44.